The number of pyridine rings is 1. The predicted octanol–water partition coefficient (Wildman–Crippen LogP) is 3.35. The van der Waals surface area contributed by atoms with E-state index in [2.05, 4.69) is 4.90 Å². The van der Waals surface area contributed by atoms with E-state index in [1.807, 2.05) is 49.1 Å². The third-order valence-electron chi connectivity index (χ3n) is 6.92. The summed E-state index contributed by atoms with van der Waals surface area (Å²) in [5, 5.41) is 0. The Kier molecular flexibility index (Phi) is 6.98. The number of hydrogen-bond donors (Lipinski definition) is 0. The maximum atomic E-state index is 13.3. The highest BCUT2D eigenvalue weighted by Gasteiger charge is 2.45. The molecule has 7 heteroatoms. The standard InChI is InChI=1S/C24H27N3O4.C2H6/c1-31-23-21-24(30)27-13-11-17-8-5-12-26(17)20(27)15-25(21)14-18(22(23)29)19(28)10-9-16-6-3-2-4-7-16;1-2/h2-4,6-7,14,17,20H,5,8-13,15H2,1H3;1-2H3/t17-,20-;/m0./s1. The molecular formula is C26H33N3O4. The number of rotatable bonds is 5. The van der Waals surface area contributed by atoms with Crippen LogP contribution in [0.1, 0.15) is 65.9 Å². The van der Waals surface area contributed by atoms with Crippen LogP contribution in [0.4, 0.5) is 0 Å². The zero-order valence-corrected chi connectivity index (χ0v) is 19.8. The van der Waals surface area contributed by atoms with Gasteiger partial charge in [0.05, 0.1) is 19.2 Å². The second kappa shape index (κ2) is 9.91. The van der Waals surface area contributed by atoms with Crippen molar-refractivity contribution in [2.75, 3.05) is 20.2 Å². The van der Waals surface area contributed by atoms with Gasteiger partial charge in [0.25, 0.3) is 5.91 Å². The Morgan fingerprint density at radius 3 is 2.58 bits per heavy atom. The van der Waals surface area contributed by atoms with Crippen LogP contribution in [0.2, 0.25) is 0 Å². The Labute approximate surface area is 194 Å². The number of Topliss-reactive ketones (excluding diaryl/α,β-unsaturated/α-hetero) is 1. The molecule has 0 aliphatic carbocycles. The van der Waals surface area contributed by atoms with Crippen LogP contribution in [0, 0.1) is 0 Å². The van der Waals surface area contributed by atoms with Crippen molar-refractivity contribution in [2.45, 2.75) is 64.7 Å². The van der Waals surface area contributed by atoms with Crippen molar-refractivity contribution < 1.29 is 14.3 Å². The van der Waals surface area contributed by atoms with E-state index in [0.29, 0.717) is 25.6 Å². The molecule has 0 saturated carbocycles. The smallest absolute Gasteiger partial charge is 0.275 e. The van der Waals surface area contributed by atoms with E-state index in [-0.39, 0.29) is 41.3 Å². The molecule has 3 aliphatic heterocycles. The van der Waals surface area contributed by atoms with Gasteiger partial charge in [0.1, 0.15) is 6.17 Å². The summed E-state index contributed by atoms with van der Waals surface area (Å²) < 4.78 is 7.17. The van der Waals surface area contributed by atoms with Crippen LogP contribution < -0.4 is 10.2 Å². The number of carbonyl (C=O) groups excluding carboxylic acids is 2. The summed E-state index contributed by atoms with van der Waals surface area (Å²) in [6, 6.07) is 10.3. The lowest BCUT2D eigenvalue weighted by Crippen LogP contribution is -2.62. The van der Waals surface area contributed by atoms with Gasteiger partial charge in [-0.1, -0.05) is 44.2 Å². The SMILES string of the molecule is CC.COc1c2n(cc(C(=O)CCc3ccccc3)c1=O)C[C@@H]1N(CC[C@@H]3CCCN31)C2=O. The van der Waals surface area contributed by atoms with Crippen molar-refractivity contribution in [3.63, 3.8) is 0 Å². The van der Waals surface area contributed by atoms with Crippen LogP contribution >= 0.6 is 0 Å². The normalized spacial score (nSPS) is 21.4. The van der Waals surface area contributed by atoms with Gasteiger partial charge in [-0.25, -0.2) is 0 Å². The maximum absolute atomic E-state index is 13.3. The van der Waals surface area contributed by atoms with Crippen molar-refractivity contribution >= 4 is 11.7 Å². The highest BCUT2D eigenvalue weighted by atomic mass is 16.5. The predicted molar refractivity (Wildman–Crippen MR) is 127 cm³/mol. The van der Waals surface area contributed by atoms with Crippen LogP contribution in [0.25, 0.3) is 0 Å². The zero-order valence-electron chi connectivity index (χ0n) is 19.8. The minimum atomic E-state index is -0.491. The summed E-state index contributed by atoms with van der Waals surface area (Å²) in [6.07, 6.45) is 5.64. The van der Waals surface area contributed by atoms with E-state index in [0.717, 1.165) is 24.9 Å². The number of ether oxygens (including phenoxy) is 1. The van der Waals surface area contributed by atoms with Crippen LogP contribution in [0.5, 0.6) is 5.75 Å². The summed E-state index contributed by atoms with van der Waals surface area (Å²) in [4.78, 5) is 43.7. The Bertz CT molecular complexity index is 1080. The molecule has 0 N–H and O–H groups in total. The first-order valence-corrected chi connectivity index (χ1v) is 12.0. The number of ketones is 1. The zero-order chi connectivity index (χ0) is 23.5. The van der Waals surface area contributed by atoms with Gasteiger partial charge in [-0.3, -0.25) is 19.3 Å². The summed E-state index contributed by atoms with van der Waals surface area (Å²) >= 11 is 0. The molecule has 176 valence electrons. The highest BCUT2D eigenvalue weighted by molar-refractivity contribution is 6.00. The average molecular weight is 452 g/mol. The second-order valence-corrected chi connectivity index (χ2v) is 8.62. The lowest BCUT2D eigenvalue weighted by atomic mass is 10.0. The fraction of sp³-hybridized carbons (Fsp3) is 0.500. The number of methoxy groups -OCH3 is 1. The van der Waals surface area contributed by atoms with Crippen LogP contribution in [-0.4, -0.2) is 58.5 Å². The number of fused-ring (bicyclic) bond motifs is 4. The molecule has 7 nitrogen and oxygen atoms in total. The van der Waals surface area contributed by atoms with E-state index in [1.165, 1.54) is 13.5 Å². The van der Waals surface area contributed by atoms with Crippen LogP contribution in [0.15, 0.2) is 41.3 Å². The fourth-order valence-corrected chi connectivity index (χ4v) is 5.36. The summed E-state index contributed by atoms with van der Waals surface area (Å²) in [7, 11) is 1.39. The van der Waals surface area contributed by atoms with Crippen LogP contribution in [0.3, 0.4) is 0 Å². The summed E-state index contributed by atoms with van der Waals surface area (Å²) in [5.41, 5.74) is 0.927. The van der Waals surface area contributed by atoms with Crippen molar-refractivity contribution in [1.29, 1.82) is 0 Å². The Morgan fingerprint density at radius 1 is 1.09 bits per heavy atom. The Morgan fingerprint density at radius 2 is 1.85 bits per heavy atom. The topological polar surface area (TPSA) is 71.8 Å². The van der Waals surface area contributed by atoms with Gasteiger partial charge >= 0.3 is 0 Å². The number of amides is 1. The molecule has 2 aromatic rings. The first-order chi connectivity index (χ1) is 16.1. The highest BCUT2D eigenvalue weighted by Crippen LogP contribution is 2.34. The molecule has 0 unspecified atom stereocenters. The van der Waals surface area contributed by atoms with Gasteiger partial charge in [-0.15, -0.1) is 0 Å². The Balaban J connectivity index is 0.00000126. The van der Waals surface area contributed by atoms with Crippen molar-refractivity contribution in [3.8, 4) is 5.75 Å². The third kappa shape index (κ3) is 4.22. The molecule has 5 rings (SSSR count). The molecule has 0 bridgehead atoms. The van der Waals surface area contributed by atoms with Crippen molar-refractivity contribution in [2.24, 2.45) is 0 Å². The number of nitrogens with zero attached hydrogens (tertiary/aromatic N) is 3. The molecule has 2 fully saturated rings. The summed E-state index contributed by atoms with van der Waals surface area (Å²) in [5.74, 6) is -0.420. The first-order valence-electron chi connectivity index (χ1n) is 12.0. The van der Waals surface area contributed by atoms with Gasteiger partial charge < -0.3 is 14.2 Å². The quantitative estimate of drug-likeness (QED) is 0.652. The minimum Gasteiger partial charge on any atom is -0.491 e. The van der Waals surface area contributed by atoms with Crippen molar-refractivity contribution in [1.82, 2.24) is 14.4 Å². The van der Waals surface area contributed by atoms with Crippen molar-refractivity contribution in [3.05, 3.63) is 63.6 Å². The monoisotopic (exact) mass is 451 g/mol. The van der Waals surface area contributed by atoms with Gasteiger partial charge in [-0.05, 0) is 31.2 Å². The molecule has 2 atom stereocenters. The minimum absolute atomic E-state index is 0.0162. The number of carbonyl (C=O) groups is 2. The largest absolute Gasteiger partial charge is 0.491 e. The average Bonchev–Trinajstić information content (AvgIpc) is 3.34. The fourth-order valence-electron chi connectivity index (χ4n) is 5.36. The third-order valence-corrected chi connectivity index (χ3v) is 6.92. The molecule has 2 saturated heterocycles. The van der Waals surface area contributed by atoms with E-state index in [9.17, 15) is 14.4 Å². The molecule has 1 aromatic heterocycles. The summed E-state index contributed by atoms with van der Waals surface area (Å²) in [6.45, 7) is 6.22. The second-order valence-electron chi connectivity index (χ2n) is 8.62. The number of aryl methyl sites for hydroxylation is 1. The Hall–Kier alpha value is -2.93. The number of hydrogen-bond acceptors (Lipinski definition) is 5. The van der Waals surface area contributed by atoms with Gasteiger partial charge in [0.2, 0.25) is 5.43 Å². The lowest BCUT2D eigenvalue weighted by molar-refractivity contribution is -0.0211. The molecule has 0 radical (unpaired) electrons. The van der Waals surface area contributed by atoms with Crippen LogP contribution in [-0.2, 0) is 13.0 Å². The number of aromatic nitrogens is 1. The van der Waals surface area contributed by atoms with Gasteiger partial charge in [-0.2, -0.15) is 0 Å². The van der Waals surface area contributed by atoms with E-state index in [4.69, 9.17) is 4.74 Å². The van der Waals surface area contributed by atoms with Gasteiger partial charge in [0.15, 0.2) is 17.2 Å². The van der Waals surface area contributed by atoms with Gasteiger partial charge in [0, 0.05) is 31.7 Å². The molecular weight excluding hydrogens is 418 g/mol. The molecule has 33 heavy (non-hydrogen) atoms. The molecule has 3 aliphatic rings. The van der Waals surface area contributed by atoms with E-state index < -0.39 is 5.43 Å². The molecule has 0 spiro atoms. The van der Waals surface area contributed by atoms with E-state index in [1.54, 1.807) is 10.8 Å². The molecule has 1 aromatic carbocycles. The molecule has 4 heterocycles. The van der Waals surface area contributed by atoms with E-state index >= 15 is 0 Å². The maximum Gasteiger partial charge on any atom is 0.275 e. The lowest BCUT2D eigenvalue weighted by Gasteiger charge is -2.48. The first kappa shape index (κ1) is 23.2. The molecule has 1 amide bonds. The number of benzene rings is 1.